The molecule has 0 aromatic heterocycles. The number of rotatable bonds is 5. The van der Waals surface area contributed by atoms with E-state index in [1.54, 1.807) is 20.8 Å². The van der Waals surface area contributed by atoms with Crippen molar-refractivity contribution in [1.29, 1.82) is 0 Å². The van der Waals surface area contributed by atoms with E-state index in [1.807, 2.05) is 0 Å². The predicted molar refractivity (Wildman–Crippen MR) is 104 cm³/mol. The Labute approximate surface area is 171 Å². The Bertz CT molecular complexity index is 898. The fraction of sp³-hybridized carbons (Fsp3) is 0.238. The zero-order chi connectivity index (χ0) is 22.4. The van der Waals surface area contributed by atoms with Crippen LogP contribution in [-0.2, 0) is 9.53 Å². The molecule has 0 radical (unpaired) electrons. The minimum atomic E-state index is -4.76. The summed E-state index contributed by atoms with van der Waals surface area (Å²) >= 11 is 0. The standard InChI is InChI=1S/C21H20F3NO5/c1-20(2,3)30-19(27)25-15-7-11-16(12-8-15)28-18(26)13-6-14-4-9-17(10-5-14)29-21(22,23)24/h4-13H,1-3H3,(H,25,27)/b13-6+. The molecule has 2 rings (SSSR count). The van der Waals surface area contributed by atoms with Crippen LogP contribution in [0.4, 0.5) is 23.7 Å². The number of hydrogen-bond donors (Lipinski definition) is 1. The number of hydrogen-bond acceptors (Lipinski definition) is 5. The molecule has 160 valence electrons. The fourth-order valence-electron chi connectivity index (χ4n) is 2.12. The maximum absolute atomic E-state index is 12.1. The van der Waals surface area contributed by atoms with Gasteiger partial charge in [-0.05, 0) is 68.8 Å². The second-order valence-corrected chi connectivity index (χ2v) is 7.02. The summed E-state index contributed by atoms with van der Waals surface area (Å²) < 4.78 is 50.4. The Hall–Kier alpha value is -3.49. The molecule has 1 N–H and O–H groups in total. The smallest absolute Gasteiger partial charge is 0.444 e. The van der Waals surface area contributed by atoms with Crippen LogP contribution in [0.5, 0.6) is 11.5 Å². The Morgan fingerprint density at radius 2 is 1.47 bits per heavy atom. The molecule has 0 heterocycles. The van der Waals surface area contributed by atoms with Crippen molar-refractivity contribution in [3.05, 3.63) is 60.2 Å². The molecule has 0 saturated heterocycles. The first kappa shape index (κ1) is 22.8. The largest absolute Gasteiger partial charge is 0.573 e. The van der Waals surface area contributed by atoms with Crippen LogP contribution in [0.2, 0.25) is 0 Å². The van der Waals surface area contributed by atoms with Crippen molar-refractivity contribution in [2.45, 2.75) is 32.7 Å². The number of carbonyl (C=O) groups excluding carboxylic acids is 2. The molecule has 0 aliphatic heterocycles. The van der Waals surface area contributed by atoms with Gasteiger partial charge >= 0.3 is 18.4 Å². The molecule has 0 saturated carbocycles. The molecule has 2 aromatic rings. The van der Waals surface area contributed by atoms with Crippen LogP contribution in [0, 0.1) is 0 Å². The average Bonchev–Trinajstić information content (AvgIpc) is 2.60. The monoisotopic (exact) mass is 423 g/mol. The van der Waals surface area contributed by atoms with Gasteiger partial charge in [0.05, 0.1) is 0 Å². The van der Waals surface area contributed by atoms with E-state index in [0.29, 0.717) is 11.3 Å². The van der Waals surface area contributed by atoms with Crippen LogP contribution in [0.1, 0.15) is 26.3 Å². The number of ether oxygens (including phenoxy) is 3. The molecule has 0 fully saturated rings. The number of alkyl halides is 3. The highest BCUT2D eigenvalue weighted by Crippen LogP contribution is 2.23. The van der Waals surface area contributed by atoms with Crippen molar-refractivity contribution in [1.82, 2.24) is 0 Å². The summed E-state index contributed by atoms with van der Waals surface area (Å²) in [6.07, 6.45) is -2.86. The summed E-state index contributed by atoms with van der Waals surface area (Å²) in [6, 6.07) is 11.0. The summed E-state index contributed by atoms with van der Waals surface area (Å²) in [7, 11) is 0. The Morgan fingerprint density at radius 1 is 0.900 bits per heavy atom. The van der Waals surface area contributed by atoms with Crippen molar-refractivity contribution < 1.29 is 37.0 Å². The van der Waals surface area contributed by atoms with Gasteiger partial charge in [0.1, 0.15) is 17.1 Å². The van der Waals surface area contributed by atoms with E-state index in [4.69, 9.17) is 9.47 Å². The van der Waals surface area contributed by atoms with Gasteiger partial charge in [0, 0.05) is 11.8 Å². The highest BCUT2D eigenvalue weighted by molar-refractivity contribution is 5.89. The number of anilines is 1. The zero-order valence-electron chi connectivity index (χ0n) is 16.4. The van der Waals surface area contributed by atoms with Gasteiger partial charge in [-0.15, -0.1) is 13.2 Å². The number of nitrogens with one attached hydrogen (secondary N) is 1. The van der Waals surface area contributed by atoms with Crippen LogP contribution in [-0.4, -0.2) is 24.0 Å². The first-order valence-electron chi connectivity index (χ1n) is 8.75. The normalized spacial score (nSPS) is 11.8. The van der Waals surface area contributed by atoms with E-state index in [0.717, 1.165) is 18.2 Å². The van der Waals surface area contributed by atoms with E-state index in [1.165, 1.54) is 42.5 Å². The van der Waals surface area contributed by atoms with Gasteiger partial charge in [0.2, 0.25) is 0 Å². The van der Waals surface area contributed by atoms with E-state index < -0.39 is 24.0 Å². The molecule has 0 bridgehead atoms. The van der Waals surface area contributed by atoms with Crippen molar-refractivity contribution in [3.8, 4) is 11.5 Å². The molecule has 9 heteroatoms. The Balaban J connectivity index is 1.88. The van der Waals surface area contributed by atoms with Gasteiger partial charge in [0.15, 0.2) is 0 Å². The van der Waals surface area contributed by atoms with Crippen LogP contribution in [0.15, 0.2) is 54.6 Å². The molecule has 30 heavy (non-hydrogen) atoms. The molecular formula is C21H20F3NO5. The van der Waals surface area contributed by atoms with Crippen molar-refractivity contribution in [3.63, 3.8) is 0 Å². The van der Waals surface area contributed by atoms with Crippen molar-refractivity contribution >= 4 is 23.8 Å². The first-order valence-corrected chi connectivity index (χ1v) is 8.75. The summed E-state index contributed by atoms with van der Waals surface area (Å²) in [6.45, 7) is 5.23. The molecule has 0 unspecified atom stereocenters. The first-order chi connectivity index (χ1) is 13.9. The SMILES string of the molecule is CC(C)(C)OC(=O)Nc1ccc(OC(=O)/C=C/c2ccc(OC(F)(F)F)cc2)cc1. The number of amides is 1. The summed E-state index contributed by atoms with van der Waals surface area (Å²) in [4.78, 5) is 23.6. The summed E-state index contributed by atoms with van der Waals surface area (Å²) in [5.41, 5.74) is 0.316. The number of carbonyl (C=O) groups is 2. The molecule has 0 aliphatic carbocycles. The van der Waals surface area contributed by atoms with Gasteiger partial charge < -0.3 is 14.2 Å². The van der Waals surface area contributed by atoms with Gasteiger partial charge in [-0.2, -0.15) is 0 Å². The van der Waals surface area contributed by atoms with Crippen LogP contribution in [0.25, 0.3) is 6.08 Å². The van der Waals surface area contributed by atoms with Crippen LogP contribution < -0.4 is 14.8 Å². The topological polar surface area (TPSA) is 73.9 Å². The molecule has 6 nitrogen and oxygen atoms in total. The Morgan fingerprint density at radius 3 is 2.00 bits per heavy atom. The van der Waals surface area contributed by atoms with Gasteiger partial charge in [0.25, 0.3) is 0 Å². The molecular weight excluding hydrogens is 403 g/mol. The van der Waals surface area contributed by atoms with Gasteiger partial charge in [-0.3, -0.25) is 5.32 Å². The maximum Gasteiger partial charge on any atom is 0.573 e. The predicted octanol–water partition coefficient (Wildman–Crippen LogP) is 5.55. The van der Waals surface area contributed by atoms with Gasteiger partial charge in [-0.25, -0.2) is 9.59 Å². The number of halogens is 3. The highest BCUT2D eigenvalue weighted by Gasteiger charge is 2.30. The van der Waals surface area contributed by atoms with E-state index in [9.17, 15) is 22.8 Å². The number of benzene rings is 2. The van der Waals surface area contributed by atoms with E-state index in [2.05, 4.69) is 10.1 Å². The molecule has 0 aliphatic rings. The summed E-state index contributed by atoms with van der Waals surface area (Å²) in [5.74, 6) is -0.797. The van der Waals surface area contributed by atoms with Crippen LogP contribution in [0.3, 0.4) is 0 Å². The lowest BCUT2D eigenvalue weighted by molar-refractivity contribution is -0.274. The van der Waals surface area contributed by atoms with Gasteiger partial charge in [-0.1, -0.05) is 12.1 Å². The molecule has 0 atom stereocenters. The lowest BCUT2D eigenvalue weighted by Crippen LogP contribution is -2.27. The van der Waals surface area contributed by atoms with Crippen molar-refractivity contribution in [2.24, 2.45) is 0 Å². The van der Waals surface area contributed by atoms with Crippen LogP contribution >= 0.6 is 0 Å². The summed E-state index contributed by atoms with van der Waals surface area (Å²) in [5, 5.41) is 2.55. The lowest BCUT2D eigenvalue weighted by Gasteiger charge is -2.19. The third kappa shape index (κ3) is 8.68. The minimum absolute atomic E-state index is 0.244. The molecule has 0 spiro atoms. The Kier molecular flexibility index (Phi) is 7.10. The minimum Gasteiger partial charge on any atom is -0.444 e. The quantitative estimate of drug-likeness (QED) is 0.388. The van der Waals surface area contributed by atoms with E-state index >= 15 is 0 Å². The lowest BCUT2D eigenvalue weighted by atomic mass is 10.2. The van der Waals surface area contributed by atoms with Crippen molar-refractivity contribution in [2.75, 3.05) is 5.32 Å². The van der Waals surface area contributed by atoms with E-state index in [-0.39, 0.29) is 11.5 Å². The third-order valence-corrected chi connectivity index (χ3v) is 3.24. The fourth-order valence-corrected chi connectivity index (χ4v) is 2.12. The molecule has 2 aromatic carbocycles. The zero-order valence-corrected chi connectivity index (χ0v) is 16.4. The molecule has 1 amide bonds. The second kappa shape index (κ2) is 9.34. The second-order valence-electron chi connectivity index (χ2n) is 7.02. The number of esters is 1. The maximum atomic E-state index is 12.1. The highest BCUT2D eigenvalue weighted by atomic mass is 19.4. The third-order valence-electron chi connectivity index (χ3n) is 3.24. The average molecular weight is 423 g/mol.